The monoisotopic (exact) mass is 281 g/mol. The molecule has 100 valence electrons. The lowest BCUT2D eigenvalue weighted by atomic mass is 9.97. The summed E-state index contributed by atoms with van der Waals surface area (Å²) in [7, 11) is 0. The Hall–Kier alpha value is -1.46. The normalized spacial score (nSPS) is 18.3. The van der Waals surface area contributed by atoms with E-state index in [0.29, 0.717) is 23.2 Å². The molecule has 3 rings (SSSR count). The molecule has 1 aliphatic rings. The van der Waals surface area contributed by atoms with Crippen molar-refractivity contribution in [2.24, 2.45) is 11.7 Å². The van der Waals surface area contributed by atoms with Gasteiger partial charge in [0.15, 0.2) is 0 Å². The van der Waals surface area contributed by atoms with E-state index in [1.807, 2.05) is 6.92 Å². The lowest BCUT2D eigenvalue weighted by Crippen LogP contribution is -2.35. The van der Waals surface area contributed by atoms with Crippen LogP contribution in [0.3, 0.4) is 0 Å². The fourth-order valence-electron chi connectivity index (χ4n) is 2.08. The fraction of sp³-hybridized carbons (Fsp3) is 0.385. The van der Waals surface area contributed by atoms with E-state index in [1.165, 1.54) is 18.2 Å². The Morgan fingerprint density at radius 3 is 2.84 bits per heavy atom. The van der Waals surface area contributed by atoms with E-state index in [-0.39, 0.29) is 5.02 Å². The molecule has 0 amide bonds. The highest BCUT2D eigenvalue weighted by Crippen LogP contribution is 2.43. The van der Waals surface area contributed by atoms with E-state index >= 15 is 0 Å². The van der Waals surface area contributed by atoms with Gasteiger partial charge in [-0.2, -0.15) is 4.98 Å². The number of hydrogen-bond donors (Lipinski definition) is 1. The van der Waals surface area contributed by atoms with Crippen molar-refractivity contribution >= 4 is 11.6 Å². The summed E-state index contributed by atoms with van der Waals surface area (Å²) in [6.07, 6.45) is 2.14. The molecule has 4 nitrogen and oxygen atoms in total. The maximum Gasteiger partial charge on any atom is 0.247 e. The van der Waals surface area contributed by atoms with Crippen molar-refractivity contribution in [2.45, 2.75) is 25.3 Å². The van der Waals surface area contributed by atoms with Crippen LogP contribution in [0.1, 0.15) is 25.7 Å². The minimum atomic E-state index is -0.613. The van der Waals surface area contributed by atoms with Crippen molar-refractivity contribution in [2.75, 3.05) is 0 Å². The lowest BCUT2D eigenvalue weighted by molar-refractivity contribution is 0.273. The molecule has 2 N–H and O–H groups in total. The predicted octanol–water partition coefficient (Wildman–Crippen LogP) is 3.11. The van der Waals surface area contributed by atoms with Gasteiger partial charge >= 0.3 is 0 Å². The molecule has 1 aromatic heterocycles. The van der Waals surface area contributed by atoms with Crippen LogP contribution < -0.4 is 5.73 Å². The van der Waals surface area contributed by atoms with Crippen LogP contribution >= 0.6 is 11.6 Å². The zero-order valence-electron chi connectivity index (χ0n) is 10.4. The van der Waals surface area contributed by atoms with Gasteiger partial charge < -0.3 is 10.3 Å². The molecule has 1 heterocycles. The number of halogens is 2. The third-order valence-electron chi connectivity index (χ3n) is 3.48. The highest BCUT2D eigenvalue weighted by atomic mass is 35.5. The first-order valence-electron chi connectivity index (χ1n) is 6.07. The molecule has 0 saturated heterocycles. The summed E-state index contributed by atoms with van der Waals surface area (Å²) in [5, 5.41) is 4.13. The van der Waals surface area contributed by atoms with Crippen molar-refractivity contribution in [3.63, 3.8) is 0 Å². The smallest absolute Gasteiger partial charge is 0.247 e. The fourth-order valence-corrected chi connectivity index (χ4v) is 2.33. The van der Waals surface area contributed by atoms with Gasteiger partial charge in [0.1, 0.15) is 5.82 Å². The average Bonchev–Trinajstić information content (AvgIpc) is 3.09. The molecule has 1 aromatic carbocycles. The molecule has 1 fully saturated rings. The Kier molecular flexibility index (Phi) is 2.83. The van der Waals surface area contributed by atoms with E-state index in [9.17, 15) is 4.39 Å². The van der Waals surface area contributed by atoms with Gasteiger partial charge in [-0.15, -0.1) is 0 Å². The lowest BCUT2D eigenvalue weighted by Gasteiger charge is -2.18. The van der Waals surface area contributed by atoms with Crippen LogP contribution in [0.2, 0.25) is 5.02 Å². The van der Waals surface area contributed by atoms with Gasteiger partial charge in [-0.05, 0) is 43.9 Å². The molecule has 0 radical (unpaired) electrons. The Morgan fingerprint density at radius 1 is 1.47 bits per heavy atom. The minimum absolute atomic E-state index is 0.248. The molecule has 1 aliphatic carbocycles. The summed E-state index contributed by atoms with van der Waals surface area (Å²) >= 11 is 5.97. The Labute approximate surface area is 114 Å². The topological polar surface area (TPSA) is 64.9 Å². The summed E-state index contributed by atoms with van der Waals surface area (Å²) < 4.78 is 18.2. The number of benzene rings is 1. The molecule has 6 heteroatoms. The standard InChI is InChI=1S/C13H13ClFN3O/c1-13(16,7-2-3-7)12-17-11(18-19-12)9-5-4-8(15)6-10(9)14/h4-7H,2-3,16H2,1H3. The van der Waals surface area contributed by atoms with Crippen LogP contribution in [-0.2, 0) is 5.54 Å². The highest BCUT2D eigenvalue weighted by molar-refractivity contribution is 6.33. The van der Waals surface area contributed by atoms with Crippen LogP contribution in [-0.4, -0.2) is 10.1 Å². The largest absolute Gasteiger partial charge is 0.337 e. The third kappa shape index (κ3) is 2.24. The van der Waals surface area contributed by atoms with Crippen molar-refractivity contribution in [1.29, 1.82) is 0 Å². The van der Waals surface area contributed by atoms with Gasteiger partial charge in [0.05, 0.1) is 10.6 Å². The number of aromatic nitrogens is 2. The van der Waals surface area contributed by atoms with Gasteiger partial charge in [0.25, 0.3) is 0 Å². The molecule has 19 heavy (non-hydrogen) atoms. The van der Waals surface area contributed by atoms with Gasteiger partial charge in [0.2, 0.25) is 11.7 Å². The summed E-state index contributed by atoms with van der Waals surface area (Å²) in [6.45, 7) is 1.88. The van der Waals surface area contributed by atoms with Crippen LogP contribution in [0.15, 0.2) is 22.7 Å². The Morgan fingerprint density at radius 2 is 2.21 bits per heavy atom. The molecule has 0 aliphatic heterocycles. The van der Waals surface area contributed by atoms with Crippen molar-refractivity contribution in [1.82, 2.24) is 10.1 Å². The highest BCUT2D eigenvalue weighted by Gasteiger charge is 2.43. The maximum atomic E-state index is 13.0. The quantitative estimate of drug-likeness (QED) is 0.939. The molecule has 2 aromatic rings. The average molecular weight is 282 g/mol. The number of hydrogen-bond acceptors (Lipinski definition) is 4. The van der Waals surface area contributed by atoms with Crippen LogP contribution in [0, 0.1) is 11.7 Å². The van der Waals surface area contributed by atoms with Gasteiger partial charge in [-0.1, -0.05) is 16.8 Å². The summed E-state index contributed by atoms with van der Waals surface area (Å²) in [5.41, 5.74) is 6.13. The van der Waals surface area contributed by atoms with Crippen molar-refractivity contribution in [3.8, 4) is 11.4 Å². The summed E-state index contributed by atoms with van der Waals surface area (Å²) in [6, 6.07) is 4.05. The summed E-state index contributed by atoms with van der Waals surface area (Å²) in [4.78, 5) is 4.29. The van der Waals surface area contributed by atoms with Crippen LogP contribution in [0.5, 0.6) is 0 Å². The molecule has 0 bridgehead atoms. The first kappa shape index (κ1) is 12.6. The van der Waals surface area contributed by atoms with Crippen molar-refractivity contribution in [3.05, 3.63) is 34.9 Å². The van der Waals surface area contributed by atoms with Gasteiger partial charge in [-0.25, -0.2) is 4.39 Å². The summed E-state index contributed by atoms with van der Waals surface area (Å²) in [5.74, 6) is 0.700. The number of nitrogens with two attached hydrogens (primary N) is 1. The Balaban J connectivity index is 1.96. The van der Waals surface area contributed by atoms with E-state index in [1.54, 1.807) is 0 Å². The van der Waals surface area contributed by atoms with E-state index in [2.05, 4.69) is 10.1 Å². The second kappa shape index (κ2) is 4.28. The molecule has 1 atom stereocenters. The first-order valence-corrected chi connectivity index (χ1v) is 6.45. The van der Waals surface area contributed by atoms with Crippen LogP contribution in [0.4, 0.5) is 4.39 Å². The van der Waals surface area contributed by atoms with E-state index in [0.717, 1.165) is 12.8 Å². The second-order valence-corrected chi connectivity index (χ2v) is 5.51. The zero-order chi connectivity index (χ0) is 13.6. The molecule has 0 spiro atoms. The van der Waals surface area contributed by atoms with Gasteiger partial charge in [0, 0.05) is 5.56 Å². The number of rotatable bonds is 3. The second-order valence-electron chi connectivity index (χ2n) is 5.10. The van der Waals surface area contributed by atoms with E-state index in [4.69, 9.17) is 21.9 Å². The zero-order valence-corrected chi connectivity index (χ0v) is 11.1. The van der Waals surface area contributed by atoms with Gasteiger partial charge in [-0.3, -0.25) is 0 Å². The maximum absolute atomic E-state index is 13.0. The Bertz CT molecular complexity index is 622. The van der Waals surface area contributed by atoms with Crippen LogP contribution in [0.25, 0.3) is 11.4 Å². The van der Waals surface area contributed by atoms with E-state index < -0.39 is 11.4 Å². The first-order chi connectivity index (χ1) is 8.98. The van der Waals surface area contributed by atoms with Crippen molar-refractivity contribution < 1.29 is 8.91 Å². The molecular formula is C13H13ClFN3O. The molecule has 1 unspecified atom stereocenters. The number of nitrogens with zero attached hydrogens (tertiary/aromatic N) is 2. The predicted molar refractivity (Wildman–Crippen MR) is 69.0 cm³/mol. The minimum Gasteiger partial charge on any atom is -0.337 e. The molecular weight excluding hydrogens is 269 g/mol. The molecule has 1 saturated carbocycles. The SMILES string of the molecule is CC(N)(c1nc(-c2ccc(F)cc2Cl)no1)C1CC1. The third-order valence-corrected chi connectivity index (χ3v) is 3.80.